The maximum Gasteiger partial charge on any atom is 0.0525 e. The molecule has 0 aliphatic carbocycles. The van der Waals surface area contributed by atoms with Gasteiger partial charge in [-0.3, -0.25) is 4.98 Å². The molecule has 0 amide bonds. The highest BCUT2D eigenvalue weighted by molar-refractivity contribution is 5.64. The molecule has 0 bridgehead atoms. The van der Waals surface area contributed by atoms with Crippen molar-refractivity contribution in [3.05, 3.63) is 106 Å². The fourth-order valence-corrected chi connectivity index (χ4v) is 3.78. The van der Waals surface area contributed by atoms with E-state index in [9.17, 15) is 0 Å². The van der Waals surface area contributed by atoms with Crippen molar-refractivity contribution in [2.45, 2.75) is 47.0 Å². The minimum absolute atomic E-state index is 0.860. The number of aryl methyl sites for hydroxylation is 5. The largest absolute Gasteiger partial charge is 0.257 e. The lowest BCUT2D eigenvalue weighted by Crippen LogP contribution is -2.05. The van der Waals surface area contributed by atoms with E-state index >= 15 is 0 Å². The summed E-state index contributed by atoms with van der Waals surface area (Å²) in [5, 5.41) is 0. The van der Waals surface area contributed by atoms with Crippen molar-refractivity contribution in [1.82, 2.24) is 4.98 Å². The van der Waals surface area contributed by atoms with Gasteiger partial charge in [0.2, 0.25) is 0 Å². The molecule has 3 aromatic rings. The second-order valence-electron chi connectivity index (χ2n) is 7.62. The van der Waals surface area contributed by atoms with Crippen LogP contribution in [0.25, 0.3) is 5.57 Å². The first-order valence-corrected chi connectivity index (χ1v) is 9.69. The van der Waals surface area contributed by atoms with Crippen molar-refractivity contribution in [2.24, 2.45) is 0 Å². The summed E-state index contributed by atoms with van der Waals surface area (Å²) in [6, 6.07) is 19.5. The minimum atomic E-state index is 0.860. The van der Waals surface area contributed by atoms with Gasteiger partial charge in [-0.25, -0.2) is 0 Å². The summed E-state index contributed by atoms with van der Waals surface area (Å²) in [6.07, 6.45) is 2.83. The first-order chi connectivity index (χ1) is 12.9. The van der Waals surface area contributed by atoms with Gasteiger partial charge in [0.25, 0.3) is 0 Å². The maximum atomic E-state index is 5.05. The third-order valence-corrected chi connectivity index (χ3v) is 5.19. The standard InChI is InChI=1S/C26H29N/c1-18(2)24-14-13-23(12-11-22-9-7-6-8-10-22)27-26(24)17-25-20(4)15-19(3)16-21(25)5/h6-10,13-16H,1,11-12,17H2,2-5H3. The van der Waals surface area contributed by atoms with Gasteiger partial charge in [-0.05, 0) is 80.0 Å². The zero-order valence-electron chi connectivity index (χ0n) is 17.0. The highest BCUT2D eigenvalue weighted by Crippen LogP contribution is 2.24. The monoisotopic (exact) mass is 355 g/mol. The highest BCUT2D eigenvalue weighted by Gasteiger charge is 2.12. The summed E-state index contributed by atoms with van der Waals surface area (Å²) < 4.78 is 0. The number of hydrogen-bond acceptors (Lipinski definition) is 1. The van der Waals surface area contributed by atoms with E-state index in [1.165, 1.54) is 33.4 Å². The number of nitrogens with zero attached hydrogens (tertiary/aromatic N) is 1. The lowest BCUT2D eigenvalue weighted by molar-refractivity contribution is 0.886. The number of pyridine rings is 1. The van der Waals surface area contributed by atoms with Crippen LogP contribution < -0.4 is 0 Å². The van der Waals surface area contributed by atoms with Gasteiger partial charge < -0.3 is 0 Å². The van der Waals surface area contributed by atoms with E-state index in [0.29, 0.717) is 0 Å². The molecule has 0 aliphatic rings. The van der Waals surface area contributed by atoms with Gasteiger partial charge >= 0.3 is 0 Å². The van der Waals surface area contributed by atoms with E-state index in [-0.39, 0.29) is 0 Å². The summed E-state index contributed by atoms with van der Waals surface area (Å²) in [4.78, 5) is 5.05. The van der Waals surface area contributed by atoms with Gasteiger partial charge in [-0.15, -0.1) is 0 Å². The Morgan fingerprint density at radius 3 is 2.19 bits per heavy atom. The average Bonchev–Trinajstić information content (AvgIpc) is 2.63. The molecule has 0 saturated heterocycles. The number of hydrogen-bond donors (Lipinski definition) is 0. The molecule has 1 heterocycles. The summed E-state index contributed by atoms with van der Waals surface area (Å²) in [5.74, 6) is 0. The number of benzene rings is 2. The van der Waals surface area contributed by atoms with E-state index in [1.54, 1.807) is 0 Å². The number of rotatable bonds is 6. The normalized spacial score (nSPS) is 10.8. The predicted molar refractivity (Wildman–Crippen MR) is 116 cm³/mol. The first kappa shape index (κ1) is 19.1. The molecule has 2 aromatic carbocycles. The van der Waals surface area contributed by atoms with Crippen molar-refractivity contribution >= 4 is 5.57 Å². The van der Waals surface area contributed by atoms with E-state index in [0.717, 1.165) is 36.2 Å². The van der Waals surface area contributed by atoms with Crippen LogP contribution in [0.5, 0.6) is 0 Å². The van der Waals surface area contributed by atoms with Gasteiger partial charge in [0.05, 0.1) is 5.69 Å². The SMILES string of the molecule is C=C(C)c1ccc(CCc2ccccc2)nc1Cc1c(C)cc(C)cc1C. The molecule has 1 heteroatoms. The van der Waals surface area contributed by atoms with Gasteiger partial charge in [0.1, 0.15) is 0 Å². The van der Waals surface area contributed by atoms with Crippen LogP contribution in [-0.4, -0.2) is 4.98 Å². The van der Waals surface area contributed by atoms with Crippen molar-refractivity contribution in [3.63, 3.8) is 0 Å². The summed E-state index contributed by atoms with van der Waals surface area (Å²) in [6.45, 7) is 12.8. The molecule has 0 fully saturated rings. The predicted octanol–water partition coefficient (Wildman–Crippen LogP) is 6.42. The summed E-state index contributed by atoms with van der Waals surface area (Å²) >= 11 is 0. The molecule has 0 saturated carbocycles. The smallest absolute Gasteiger partial charge is 0.0525 e. The second kappa shape index (κ2) is 8.35. The Kier molecular flexibility index (Phi) is 5.91. The quantitative estimate of drug-likeness (QED) is 0.497. The fourth-order valence-electron chi connectivity index (χ4n) is 3.78. The molecular weight excluding hydrogens is 326 g/mol. The lowest BCUT2D eigenvalue weighted by Gasteiger charge is -2.15. The molecule has 3 rings (SSSR count). The summed E-state index contributed by atoms with van der Waals surface area (Å²) in [7, 11) is 0. The molecule has 0 aliphatic heterocycles. The third kappa shape index (κ3) is 4.74. The molecule has 0 radical (unpaired) electrons. The Labute approximate surface area is 163 Å². The van der Waals surface area contributed by atoms with E-state index in [4.69, 9.17) is 4.98 Å². The van der Waals surface area contributed by atoms with Gasteiger partial charge in [-0.1, -0.05) is 60.7 Å². The van der Waals surface area contributed by atoms with Crippen LogP contribution in [0.1, 0.15) is 51.7 Å². The van der Waals surface area contributed by atoms with Gasteiger partial charge in [0, 0.05) is 12.1 Å². The van der Waals surface area contributed by atoms with E-state index < -0.39 is 0 Å². The topological polar surface area (TPSA) is 12.9 Å². The molecule has 1 nitrogen and oxygen atoms in total. The zero-order chi connectivity index (χ0) is 19.4. The zero-order valence-corrected chi connectivity index (χ0v) is 17.0. The van der Waals surface area contributed by atoms with Crippen LogP contribution in [-0.2, 0) is 19.3 Å². The van der Waals surface area contributed by atoms with Crippen molar-refractivity contribution in [1.29, 1.82) is 0 Å². The van der Waals surface area contributed by atoms with Crippen LogP contribution in [0.2, 0.25) is 0 Å². The Morgan fingerprint density at radius 2 is 1.56 bits per heavy atom. The first-order valence-electron chi connectivity index (χ1n) is 9.69. The second-order valence-corrected chi connectivity index (χ2v) is 7.62. The Balaban J connectivity index is 1.89. The molecule has 27 heavy (non-hydrogen) atoms. The molecule has 0 atom stereocenters. The Bertz CT molecular complexity index is 928. The van der Waals surface area contributed by atoms with Crippen LogP contribution in [0.4, 0.5) is 0 Å². The maximum absolute atomic E-state index is 5.05. The molecule has 138 valence electrons. The number of aromatic nitrogens is 1. The molecule has 1 aromatic heterocycles. The molecule has 0 unspecified atom stereocenters. The molecule has 0 N–H and O–H groups in total. The third-order valence-electron chi connectivity index (χ3n) is 5.19. The Morgan fingerprint density at radius 1 is 0.889 bits per heavy atom. The highest BCUT2D eigenvalue weighted by atomic mass is 14.7. The van der Waals surface area contributed by atoms with Crippen molar-refractivity contribution in [2.75, 3.05) is 0 Å². The van der Waals surface area contributed by atoms with Gasteiger partial charge in [-0.2, -0.15) is 0 Å². The lowest BCUT2D eigenvalue weighted by atomic mass is 9.93. The van der Waals surface area contributed by atoms with Crippen LogP contribution >= 0.6 is 0 Å². The Hall–Kier alpha value is -2.67. The van der Waals surface area contributed by atoms with Crippen LogP contribution in [0.3, 0.4) is 0 Å². The van der Waals surface area contributed by atoms with Gasteiger partial charge in [0.15, 0.2) is 0 Å². The van der Waals surface area contributed by atoms with Crippen LogP contribution in [0, 0.1) is 20.8 Å². The van der Waals surface area contributed by atoms with Crippen molar-refractivity contribution in [3.8, 4) is 0 Å². The fraction of sp³-hybridized carbons (Fsp3) is 0.269. The van der Waals surface area contributed by atoms with Crippen LogP contribution in [0.15, 0.2) is 61.2 Å². The average molecular weight is 356 g/mol. The molecular formula is C26H29N. The van der Waals surface area contributed by atoms with E-state index in [2.05, 4.69) is 88.9 Å². The molecule has 0 spiro atoms. The summed E-state index contributed by atoms with van der Waals surface area (Å²) in [5.41, 5.74) is 11.3. The minimum Gasteiger partial charge on any atom is -0.257 e. The van der Waals surface area contributed by atoms with E-state index in [1.807, 2.05) is 0 Å². The van der Waals surface area contributed by atoms with Crippen molar-refractivity contribution < 1.29 is 0 Å². The number of allylic oxidation sites excluding steroid dienone is 1.